The Hall–Kier alpha value is -2.41. The molecule has 2 unspecified atom stereocenters. The van der Waals surface area contributed by atoms with Gasteiger partial charge in [0.05, 0.1) is 18.5 Å². The zero-order valence-electron chi connectivity index (χ0n) is 13.6. The maximum absolute atomic E-state index is 13.3. The van der Waals surface area contributed by atoms with E-state index in [0.717, 1.165) is 10.0 Å². The second kappa shape index (κ2) is 8.62. The zero-order chi connectivity index (χ0) is 18.4. The summed E-state index contributed by atoms with van der Waals surface area (Å²) < 4.78 is 14.2. The van der Waals surface area contributed by atoms with Crippen LogP contribution in [-0.4, -0.2) is 11.9 Å². The van der Waals surface area contributed by atoms with Gasteiger partial charge < -0.3 is 16.4 Å². The summed E-state index contributed by atoms with van der Waals surface area (Å²) in [5, 5.41) is 5.37. The Labute approximate surface area is 153 Å². The summed E-state index contributed by atoms with van der Waals surface area (Å²) >= 11 is 3.34. The van der Waals surface area contributed by atoms with Crippen LogP contribution >= 0.6 is 15.9 Å². The summed E-state index contributed by atoms with van der Waals surface area (Å²) in [5.41, 5.74) is 6.64. The van der Waals surface area contributed by atoms with Gasteiger partial charge in [0.25, 0.3) is 0 Å². The van der Waals surface area contributed by atoms with E-state index < -0.39 is 12.1 Å². The van der Waals surface area contributed by atoms with Crippen molar-refractivity contribution in [3.63, 3.8) is 0 Å². The van der Waals surface area contributed by atoms with Crippen molar-refractivity contribution in [1.82, 2.24) is 10.6 Å². The van der Waals surface area contributed by atoms with Crippen molar-refractivity contribution in [2.24, 2.45) is 5.73 Å². The number of benzene rings is 2. The number of carbonyl (C=O) groups is 2. The van der Waals surface area contributed by atoms with Crippen molar-refractivity contribution in [2.45, 2.75) is 25.4 Å². The fraction of sp³-hybridized carbons (Fsp3) is 0.222. The fourth-order valence-electron chi connectivity index (χ4n) is 2.46. The minimum atomic E-state index is -0.709. The number of amides is 3. The fourth-order valence-corrected chi connectivity index (χ4v) is 2.73. The number of hydrogen-bond donors (Lipinski definition) is 3. The van der Waals surface area contributed by atoms with Gasteiger partial charge in [0.2, 0.25) is 5.91 Å². The van der Waals surface area contributed by atoms with E-state index in [4.69, 9.17) is 5.73 Å². The second-order valence-electron chi connectivity index (χ2n) is 5.66. The predicted molar refractivity (Wildman–Crippen MR) is 97.2 cm³/mol. The molecule has 2 aromatic carbocycles. The Morgan fingerprint density at radius 2 is 1.80 bits per heavy atom. The summed E-state index contributed by atoms with van der Waals surface area (Å²) in [5.74, 6) is -0.639. The van der Waals surface area contributed by atoms with E-state index in [1.165, 1.54) is 12.1 Å². The van der Waals surface area contributed by atoms with Crippen LogP contribution in [0.25, 0.3) is 0 Å². The molecule has 0 saturated carbocycles. The Kier molecular flexibility index (Phi) is 6.52. The van der Waals surface area contributed by atoms with Crippen molar-refractivity contribution in [3.05, 3.63) is 69.9 Å². The molecule has 3 amide bonds. The number of halogens is 2. The molecule has 4 N–H and O–H groups in total. The summed E-state index contributed by atoms with van der Waals surface area (Å²) in [6, 6.07) is 11.7. The largest absolute Gasteiger partial charge is 0.352 e. The van der Waals surface area contributed by atoms with Gasteiger partial charge in [-0.1, -0.05) is 40.2 Å². The lowest BCUT2D eigenvalue weighted by Gasteiger charge is -2.20. The molecule has 7 heteroatoms. The topological polar surface area (TPSA) is 84.2 Å². The molecule has 0 saturated heterocycles. The molecule has 132 valence electrons. The van der Waals surface area contributed by atoms with Gasteiger partial charge in [-0.15, -0.1) is 0 Å². The number of hydrogen-bond acceptors (Lipinski definition) is 2. The lowest BCUT2D eigenvalue weighted by molar-refractivity contribution is -0.122. The minimum absolute atomic E-state index is 0.0181. The van der Waals surface area contributed by atoms with Crippen LogP contribution in [-0.2, 0) is 4.79 Å². The maximum atomic E-state index is 13.3. The molecule has 25 heavy (non-hydrogen) atoms. The molecule has 5 nitrogen and oxygen atoms in total. The van der Waals surface area contributed by atoms with E-state index in [9.17, 15) is 14.0 Å². The Morgan fingerprint density at radius 1 is 1.12 bits per heavy atom. The van der Waals surface area contributed by atoms with Gasteiger partial charge in [-0.05, 0) is 42.3 Å². The third-order valence-electron chi connectivity index (χ3n) is 3.70. The standard InChI is InChI=1S/C18H19BrFN3O2/c1-11(13-3-2-4-15(20)9-13)22-17(24)10-16(23-18(21)25)12-5-7-14(19)8-6-12/h2-9,11,16H,10H2,1H3,(H,22,24)(H3,21,23,25). The van der Waals surface area contributed by atoms with Gasteiger partial charge in [-0.3, -0.25) is 4.79 Å². The van der Waals surface area contributed by atoms with Gasteiger partial charge in [-0.2, -0.15) is 0 Å². The summed E-state index contributed by atoms with van der Waals surface area (Å²) in [6.45, 7) is 1.77. The molecule has 0 aliphatic heterocycles. The molecule has 0 bridgehead atoms. The predicted octanol–water partition coefficient (Wildman–Crippen LogP) is 3.57. The molecule has 0 aliphatic carbocycles. The average Bonchev–Trinajstić information content (AvgIpc) is 2.54. The monoisotopic (exact) mass is 407 g/mol. The van der Waals surface area contributed by atoms with Crippen molar-refractivity contribution in [2.75, 3.05) is 0 Å². The SMILES string of the molecule is CC(NC(=O)CC(NC(N)=O)c1ccc(Br)cc1)c1cccc(F)c1. The molecular weight excluding hydrogens is 389 g/mol. The molecule has 0 aliphatic rings. The van der Waals surface area contributed by atoms with Crippen LogP contribution in [0, 0.1) is 5.82 Å². The molecule has 2 atom stereocenters. The first-order chi connectivity index (χ1) is 11.8. The van der Waals surface area contributed by atoms with Gasteiger partial charge in [-0.25, -0.2) is 9.18 Å². The van der Waals surface area contributed by atoms with Gasteiger partial charge in [0.1, 0.15) is 5.82 Å². The number of primary amides is 1. The van der Waals surface area contributed by atoms with Crippen LogP contribution in [0.5, 0.6) is 0 Å². The molecule has 0 spiro atoms. The third kappa shape index (κ3) is 5.86. The van der Waals surface area contributed by atoms with Crippen molar-refractivity contribution in [1.29, 1.82) is 0 Å². The van der Waals surface area contributed by atoms with Crippen LogP contribution in [0.3, 0.4) is 0 Å². The second-order valence-corrected chi connectivity index (χ2v) is 6.58. The zero-order valence-corrected chi connectivity index (χ0v) is 15.2. The highest BCUT2D eigenvalue weighted by Crippen LogP contribution is 2.21. The number of nitrogens with one attached hydrogen (secondary N) is 2. The first-order valence-corrected chi connectivity index (χ1v) is 8.50. The highest BCUT2D eigenvalue weighted by Gasteiger charge is 2.19. The first kappa shape index (κ1) is 18.9. The summed E-state index contributed by atoms with van der Waals surface area (Å²) in [6.07, 6.45) is 0.0181. The van der Waals surface area contributed by atoms with Crippen LogP contribution < -0.4 is 16.4 Å². The van der Waals surface area contributed by atoms with Crippen LogP contribution in [0.4, 0.5) is 9.18 Å². The molecule has 0 aromatic heterocycles. The highest BCUT2D eigenvalue weighted by molar-refractivity contribution is 9.10. The minimum Gasteiger partial charge on any atom is -0.352 e. The highest BCUT2D eigenvalue weighted by atomic mass is 79.9. The van der Waals surface area contributed by atoms with Crippen LogP contribution in [0.15, 0.2) is 53.0 Å². The van der Waals surface area contributed by atoms with Gasteiger partial charge >= 0.3 is 6.03 Å². The Balaban J connectivity index is 2.06. The normalized spacial score (nSPS) is 12.9. The Morgan fingerprint density at radius 3 is 2.40 bits per heavy atom. The van der Waals surface area contributed by atoms with E-state index in [1.807, 2.05) is 12.1 Å². The average molecular weight is 408 g/mol. The van der Waals surface area contributed by atoms with Crippen molar-refractivity contribution in [3.8, 4) is 0 Å². The maximum Gasteiger partial charge on any atom is 0.312 e. The first-order valence-electron chi connectivity index (χ1n) is 7.71. The van der Waals surface area contributed by atoms with Crippen LogP contribution in [0.2, 0.25) is 0 Å². The lowest BCUT2D eigenvalue weighted by Crippen LogP contribution is -2.37. The lowest BCUT2D eigenvalue weighted by atomic mass is 10.0. The number of nitrogens with two attached hydrogens (primary N) is 1. The molecule has 2 rings (SSSR count). The smallest absolute Gasteiger partial charge is 0.312 e. The van der Waals surface area contributed by atoms with Gasteiger partial charge in [0, 0.05) is 4.47 Å². The molecule has 0 fully saturated rings. The molecule has 2 aromatic rings. The number of carbonyl (C=O) groups excluding carboxylic acids is 2. The summed E-state index contributed by atoms with van der Waals surface area (Å²) in [4.78, 5) is 23.6. The molecule has 0 heterocycles. The quantitative estimate of drug-likeness (QED) is 0.683. The molecular formula is C18H19BrFN3O2. The van der Waals surface area contributed by atoms with E-state index in [-0.39, 0.29) is 24.2 Å². The van der Waals surface area contributed by atoms with E-state index in [0.29, 0.717) is 5.56 Å². The third-order valence-corrected chi connectivity index (χ3v) is 4.23. The number of urea groups is 1. The van der Waals surface area contributed by atoms with E-state index in [2.05, 4.69) is 26.6 Å². The van der Waals surface area contributed by atoms with Crippen molar-refractivity contribution < 1.29 is 14.0 Å². The molecule has 0 radical (unpaired) electrons. The number of rotatable bonds is 6. The van der Waals surface area contributed by atoms with Crippen LogP contribution in [0.1, 0.15) is 36.6 Å². The Bertz CT molecular complexity index is 752. The van der Waals surface area contributed by atoms with Crippen molar-refractivity contribution >= 4 is 27.9 Å². The summed E-state index contributed by atoms with van der Waals surface area (Å²) in [7, 11) is 0. The van der Waals surface area contributed by atoms with E-state index in [1.54, 1.807) is 31.2 Å². The van der Waals surface area contributed by atoms with E-state index >= 15 is 0 Å². The van der Waals surface area contributed by atoms with Gasteiger partial charge in [0.15, 0.2) is 0 Å².